The van der Waals surface area contributed by atoms with Gasteiger partial charge in [0.15, 0.2) is 5.78 Å². The minimum absolute atomic E-state index is 0.00870. The van der Waals surface area contributed by atoms with Crippen LogP contribution in [-0.2, 0) is 24.9 Å². The second-order valence-electron chi connectivity index (χ2n) is 8.73. The molecular formula is C29H21ClO2. The van der Waals surface area contributed by atoms with Gasteiger partial charge in [-0.2, -0.15) is 0 Å². The summed E-state index contributed by atoms with van der Waals surface area (Å²) in [7, 11) is 0. The summed E-state index contributed by atoms with van der Waals surface area (Å²) in [6.07, 6.45) is 5.61. The molecule has 0 heterocycles. The summed E-state index contributed by atoms with van der Waals surface area (Å²) in [4.78, 5) is 13.0. The van der Waals surface area contributed by atoms with Crippen LogP contribution in [0.5, 0.6) is 5.75 Å². The van der Waals surface area contributed by atoms with Gasteiger partial charge in [-0.1, -0.05) is 78.3 Å². The highest BCUT2D eigenvalue weighted by molar-refractivity contribution is 6.30. The summed E-state index contributed by atoms with van der Waals surface area (Å²) in [5, 5.41) is 3.34. The fourth-order valence-corrected chi connectivity index (χ4v) is 5.44. The Bertz CT molecular complexity index is 1360. The Hall–Kier alpha value is -3.36. The van der Waals surface area contributed by atoms with Crippen molar-refractivity contribution in [2.75, 3.05) is 0 Å². The molecule has 0 unspecified atom stereocenters. The fraction of sp³-hybridized carbons (Fsp3) is 0.138. The lowest BCUT2D eigenvalue weighted by Gasteiger charge is -2.39. The first-order chi connectivity index (χ1) is 15.6. The molecule has 0 bridgehead atoms. The zero-order valence-electron chi connectivity index (χ0n) is 17.5. The molecule has 2 aliphatic rings. The van der Waals surface area contributed by atoms with E-state index < -0.39 is 0 Å². The quantitative estimate of drug-likeness (QED) is 0.350. The first-order valence-electron chi connectivity index (χ1n) is 10.9. The maximum atomic E-state index is 13.0. The Morgan fingerprint density at radius 1 is 0.844 bits per heavy atom. The highest BCUT2D eigenvalue weighted by Crippen LogP contribution is 2.46. The fourth-order valence-electron chi connectivity index (χ4n) is 5.32. The van der Waals surface area contributed by atoms with Gasteiger partial charge in [0.2, 0.25) is 0 Å². The van der Waals surface area contributed by atoms with Crippen LogP contribution in [0, 0.1) is 0 Å². The maximum absolute atomic E-state index is 13.0. The number of hydrogen-bond donors (Lipinski definition) is 0. The second kappa shape index (κ2) is 7.36. The molecule has 1 spiro atoms. The molecular weight excluding hydrogens is 416 g/mol. The topological polar surface area (TPSA) is 26.3 Å². The second-order valence-corrected chi connectivity index (χ2v) is 9.17. The van der Waals surface area contributed by atoms with Crippen molar-refractivity contribution in [1.82, 2.24) is 0 Å². The van der Waals surface area contributed by atoms with Gasteiger partial charge in [-0.05, 0) is 70.1 Å². The third kappa shape index (κ3) is 3.06. The van der Waals surface area contributed by atoms with Gasteiger partial charge in [-0.15, -0.1) is 0 Å². The van der Waals surface area contributed by atoms with Gasteiger partial charge in [0.05, 0.1) is 5.56 Å². The smallest absolute Gasteiger partial charge is 0.189 e. The number of carbonyl (C=O) groups is 1. The zero-order chi connectivity index (χ0) is 21.7. The van der Waals surface area contributed by atoms with E-state index in [1.54, 1.807) is 6.08 Å². The molecule has 0 atom stereocenters. The molecule has 2 aliphatic carbocycles. The third-order valence-corrected chi connectivity index (χ3v) is 7.01. The van der Waals surface area contributed by atoms with Crippen molar-refractivity contribution in [3.63, 3.8) is 0 Å². The SMILES string of the molecule is O=C1C=CC2(Cc3cccc4cccc(c34)C2)c2cccc(OCc3ccc(Cl)cc3)c21. The van der Waals surface area contributed by atoms with Crippen LogP contribution < -0.4 is 4.74 Å². The van der Waals surface area contributed by atoms with E-state index in [4.69, 9.17) is 16.3 Å². The lowest BCUT2D eigenvalue weighted by molar-refractivity contribution is 0.103. The van der Waals surface area contributed by atoms with Crippen molar-refractivity contribution in [3.8, 4) is 5.75 Å². The monoisotopic (exact) mass is 436 g/mol. The van der Waals surface area contributed by atoms with Gasteiger partial charge in [0.1, 0.15) is 12.4 Å². The van der Waals surface area contributed by atoms with E-state index in [1.807, 2.05) is 36.4 Å². The summed E-state index contributed by atoms with van der Waals surface area (Å²) < 4.78 is 6.16. The number of fused-ring (bicyclic) bond motifs is 2. The number of carbonyl (C=O) groups excluding carboxylic acids is 1. The van der Waals surface area contributed by atoms with Crippen LogP contribution in [0.25, 0.3) is 10.8 Å². The van der Waals surface area contributed by atoms with E-state index in [9.17, 15) is 4.79 Å². The summed E-state index contributed by atoms with van der Waals surface area (Å²) in [6, 6.07) is 26.6. The van der Waals surface area contributed by atoms with E-state index in [0.29, 0.717) is 22.9 Å². The summed E-state index contributed by atoms with van der Waals surface area (Å²) in [5.41, 5.74) is 5.19. The standard InChI is InChI=1S/C29H21ClO2/c30-23-12-10-19(11-13-23)18-32-26-9-3-8-24-28(26)25(31)14-15-29(24)16-21-6-1-4-20-5-2-7-22(17-29)27(20)21/h1-15H,16-18H2. The molecule has 0 aliphatic heterocycles. The Balaban J connectivity index is 1.42. The van der Waals surface area contributed by atoms with Crippen LogP contribution in [0.2, 0.25) is 5.02 Å². The maximum Gasteiger partial charge on any atom is 0.189 e. The Morgan fingerprint density at radius 2 is 1.53 bits per heavy atom. The average molecular weight is 437 g/mol. The van der Waals surface area contributed by atoms with Crippen LogP contribution in [0.4, 0.5) is 0 Å². The van der Waals surface area contributed by atoms with Crippen molar-refractivity contribution in [3.05, 3.63) is 124 Å². The lowest BCUT2D eigenvalue weighted by atomic mass is 9.63. The number of benzene rings is 4. The van der Waals surface area contributed by atoms with Gasteiger partial charge in [0.25, 0.3) is 0 Å². The van der Waals surface area contributed by atoms with Crippen molar-refractivity contribution < 1.29 is 9.53 Å². The van der Waals surface area contributed by atoms with Crippen LogP contribution in [0.1, 0.15) is 32.6 Å². The summed E-state index contributed by atoms with van der Waals surface area (Å²) in [6.45, 7) is 0.389. The van der Waals surface area contributed by atoms with Gasteiger partial charge < -0.3 is 4.74 Å². The van der Waals surface area contributed by atoms with Crippen LogP contribution in [0.3, 0.4) is 0 Å². The number of allylic oxidation sites excluding steroid dienone is 2. The van der Waals surface area contributed by atoms with Crippen LogP contribution in [-0.4, -0.2) is 5.78 Å². The predicted molar refractivity (Wildman–Crippen MR) is 129 cm³/mol. The molecule has 4 aromatic carbocycles. The van der Waals surface area contributed by atoms with Gasteiger partial charge in [-0.3, -0.25) is 4.79 Å². The van der Waals surface area contributed by atoms with E-state index in [0.717, 1.165) is 24.0 Å². The highest BCUT2D eigenvalue weighted by Gasteiger charge is 2.40. The molecule has 32 heavy (non-hydrogen) atoms. The minimum atomic E-state index is -0.245. The largest absolute Gasteiger partial charge is 0.488 e. The van der Waals surface area contributed by atoms with Crippen molar-refractivity contribution in [2.45, 2.75) is 24.9 Å². The van der Waals surface area contributed by atoms with E-state index in [1.165, 1.54) is 21.9 Å². The van der Waals surface area contributed by atoms with Gasteiger partial charge >= 0.3 is 0 Å². The Kier molecular flexibility index (Phi) is 4.44. The number of halogens is 1. The number of ether oxygens (including phenoxy) is 1. The predicted octanol–water partition coefficient (Wildman–Crippen LogP) is 6.86. The van der Waals surface area contributed by atoms with E-state index in [-0.39, 0.29) is 11.2 Å². The number of hydrogen-bond acceptors (Lipinski definition) is 2. The van der Waals surface area contributed by atoms with Gasteiger partial charge in [0, 0.05) is 10.4 Å². The Labute approximate surface area is 192 Å². The molecule has 156 valence electrons. The zero-order valence-corrected chi connectivity index (χ0v) is 18.2. The average Bonchev–Trinajstić information content (AvgIpc) is 2.82. The molecule has 0 aromatic heterocycles. The highest BCUT2D eigenvalue weighted by atomic mass is 35.5. The number of rotatable bonds is 3. The molecule has 0 amide bonds. The molecule has 4 aromatic rings. The number of ketones is 1. The molecule has 0 radical (unpaired) electrons. The minimum Gasteiger partial charge on any atom is -0.488 e. The van der Waals surface area contributed by atoms with Crippen molar-refractivity contribution in [2.24, 2.45) is 0 Å². The molecule has 0 saturated carbocycles. The first-order valence-corrected chi connectivity index (χ1v) is 11.2. The summed E-state index contributed by atoms with van der Waals surface area (Å²) in [5.74, 6) is 0.651. The van der Waals surface area contributed by atoms with Gasteiger partial charge in [-0.25, -0.2) is 0 Å². The Morgan fingerprint density at radius 3 is 2.25 bits per heavy atom. The molecule has 0 N–H and O–H groups in total. The van der Waals surface area contributed by atoms with Crippen LogP contribution in [0.15, 0.2) is 91.0 Å². The molecule has 6 rings (SSSR count). The molecule has 2 nitrogen and oxygen atoms in total. The first kappa shape index (κ1) is 19.3. The van der Waals surface area contributed by atoms with Crippen molar-refractivity contribution >= 4 is 28.2 Å². The van der Waals surface area contributed by atoms with Crippen molar-refractivity contribution in [1.29, 1.82) is 0 Å². The third-order valence-electron chi connectivity index (χ3n) is 6.76. The summed E-state index contributed by atoms with van der Waals surface area (Å²) >= 11 is 6.00. The molecule has 0 saturated heterocycles. The van der Waals surface area contributed by atoms with Crippen LogP contribution >= 0.6 is 11.6 Å². The lowest BCUT2D eigenvalue weighted by Crippen LogP contribution is -2.36. The van der Waals surface area contributed by atoms with E-state index in [2.05, 4.69) is 48.5 Å². The van der Waals surface area contributed by atoms with E-state index >= 15 is 0 Å². The molecule has 0 fully saturated rings. The molecule has 3 heteroatoms. The normalized spacial score (nSPS) is 15.7.